The molecule has 3 N–H and O–H groups in total. The lowest BCUT2D eigenvalue weighted by molar-refractivity contribution is 0.102. The van der Waals surface area contributed by atoms with Crippen molar-refractivity contribution in [2.45, 2.75) is 19.4 Å². The van der Waals surface area contributed by atoms with Gasteiger partial charge >= 0.3 is 0 Å². The predicted octanol–water partition coefficient (Wildman–Crippen LogP) is 2.31. The number of carbonyl (C=O) groups excluding carboxylic acids is 1. The van der Waals surface area contributed by atoms with E-state index in [1.807, 2.05) is 6.07 Å². The van der Waals surface area contributed by atoms with Crippen LogP contribution < -0.4 is 10.6 Å². The van der Waals surface area contributed by atoms with Gasteiger partial charge < -0.3 is 5.32 Å². The molecule has 4 rings (SSSR count). The van der Waals surface area contributed by atoms with Gasteiger partial charge in [-0.05, 0) is 17.7 Å². The Morgan fingerprint density at radius 3 is 3.08 bits per heavy atom. The van der Waals surface area contributed by atoms with Gasteiger partial charge in [-0.25, -0.2) is 4.39 Å². The number of aromatic nitrogens is 4. The third-order valence-corrected chi connectivity index (χ3v) is 4.79. The number of aromatic amines is 1. The number of halogens is 2. The van der Waals surface area contributed by atoms with Crippen molar-refractivity contribution < 1.29 is 9.18 Å². The van der Waals surface area contributed by atoms with Crippen LogP contribution in [0.5, 0.6) is 0 Å². The summed E-state index contributed by atoms with van der Waals surface area (Å²) >= 11 is 1.27. The van der Waals surface area contributed by atoms with Crippen molar-refractivity contribution in [3.8, 4) is 0 Å². The molecule has 0 spiro atoms. The van der Waals surface area contributed by atoms with Gasteiger partial charge in [-0.2, -0.15) is 5.10 Å². The van der Waals surface area contributed by atoms with Crippen LogP contribution in [0.15, 0.2) is 24.3 Å². The Kier molecular flexibility index (Phi) is 5.60. The third-order valence-electron chi connectivity index (χ3n) is 3.95. The first-order chi connectivity index (χ1) is 12.2. The Bertz CT molecular complexity index is 927. The van der Waals surface area contributed by atoms with Gasteiger partial charge in [-0.3, -0.25) is 15.2 Å². The van der Waals surface area contributed by atoms with Crippen molar-refractivity contribution in [2.75, 3.05) is 11.9 Å². The summed E-state index contributed by atoms with van der Waals surface area (Å²) in [6.07, 6.45) is 1.29. The van der Waals surface area contributed by atoms with Gasteiger partial charge in [-0.1, -0.05) is 23.5 Å². The van der Waals surface area contributed by atoms with Crippen LogP contribution in [-0.4, -0.2) is 32.8 Å². The second kappa shape index (κ2) is 7.90. The molecule has 26 heavy (non-hydrogen) atoms. The minimum atomic E-state index is -0.311. The Hall–Kier alpha value is -2.36. The van der Waals surface area contributed by atoms with E-state index in [4.69, 9.17) is 0 Å². The third kappa shape index (κ3) is 3.90. The van der Waals surface area contributed by atoms with Crippen LogP contribution >= 0.6 is 23.7 Å². The molecule has 7 nitrogen and oxygen atoms in total. The minimum absolute atomic E-state index is 0. The number of carbonyl (C=O) groups is 1. The molecule has 1 aliphatic rings. The standard InChI is InChI=1S/C16H15FN6OS.ClH/c17-10-3-1-2-9(6-10)7-13-21-23-16(25-13)19-15(24)14-11-8-18-5-4-12(11)20-22-14;/h1-3,6,18H,4-5,7-8H2,(H,20,22)(H,19,23,24);1H. The number of nitrogens with zero attached hydrogens (tertiary/aromatic N) is 3. The Balaban J connectivity index is 0.00000196. The maximum Gasteiger partial charge on any atom is 0.278 e. The van der Waals surface area contributed by atoms with E-state index in [2.05, 4.69) is 31.0 Å². The van der Waals surface area contributed by atoms with Crippen LogP contribution in [0.2, 0.25) is 0 Å². The van der Waals surface area contributed by atoms with Crippen molar-refractivity contribution in [1.82, 2.24) is 25.7 Å². The molecule has 0 aliphatic carbocycles. The first-order valence-electron chi connectivity index (χ1n) is 7.84. The number of hydrogen-bond donors (Lipinski definition) is 3. The van der Waals surface area contributed by atoms with Crippen LogP contribution in [0.4, 0.5) is 9.52 Å². The molecule has 10 heteroatoms. The van der Waals surface area contributed by atoms with Crippen molar-refractivity contribution in [2.24, 2.45) is 0 Å². The summed E-state index contributed by atoms with van der Waals surface area (Å²) in [6.45, 7) is 1.49. The summed E-state index contributed by atoms with van der Waals surface area (Å²) in [5.74, 6) is -0.595. The van der Waals surface area contributed by atoms with E-state index < -0.39 is 0 Å². The normalized spacial score (nSPS) is 13.0. The molecule has 0 unspecified atom stereocenters. The average Bonchev–Trinajstić information content (AvgIpc) is 3.21. The van der Waals surface area contributed by atoms with Gasteiger partial charge in [0.1, 0.15) is 10.8 Å². The Labute approximate surface area is 158 Å². The van der Waals surface area contributed by atoms with Crippen LogP contribution in [-0.2, 0) is 19.4 Å². The summed E-state index contributed by atoms with van der Waals surface area (Å²) in [7, 11) is 0. The number of fused-ring (bicyclic) bond motifs is 1. The lowest BCUT2D eigenvalue weighted by Gasteiger charge is -2.12. The molecule has 0 bridgehead atoms. The Morgan fingerprint density at radius 2 is 2.23 bits per heavy atom. The lowest BCUT2D eigenvalue weighted by atomic mass is 10.1. The number of amides is 1. The second-order valence-electron chi connectivity index (χ2n) is 5.72. The SMILES string of the molecule is Cl.O=C(Nc1nnc(Cc2cccc(F)c2)s1)c1n[nH]c2c1CNCC2. The number of benzene rings is 1. The van der Waals surface area contributed by atoms with Crippen molar-refractivity contribution in [3.05, 3.63) is 57.6 Å². The fourth-order valence-corrected chi connectivity index (χ4v) is 3.54. The van der Waals surface area contributed by atoms with Crippen molar-refractivity contribution >= 4 is 34.8 Å². The monoisotopic (exact) mass is 394 g/mol. The molecule has 0 fully saturated rings. The molecule has 1 aromatic carbocycles. The zero-order valence-electron chi connectivity index (χ0n) is 13.6. The number of H-pyrrole nitrogens is 1. The molecule has 0 saturated carbocycles. The molecule has 2 aromatic heterocycles. The molecular formula is C16H16ClFN6OS. The predicted molar refractivity (Wildman–Crippen MR) is 98.3 cm³/mol. The number of hydrogen-bond acceptors (Lipinski definition) is 6. The van der Waals surface area contributed by atoms with Gasteiger partial charge in [0, 0.05) is 37.2 Å². The minimum Gasteiger partial charge on any atom is -0.312 e. The summed E-state index contributed by atoms with van der Waals surface area (Å²) in [5, 5.41) is 22.1. The van der Waals surface area contributed by atoms with Gasteiger partial charge in [-0.15, -0.1) is 22.6 Å². The van der Waals surface area contributed by atoms with E-state index in [-0.39, 0.29) is 24.1 Å². The van der Waals surface area contributed by atoms with E-state index in [0.717, 1.165) is 29.8 Å². The maximum atomic E-state index is 13.2. The molecule has 1 amide bonds. The molecular weight excluding hydrogens is 379 g/mol. The van der Waals surface area contributed by atoms with E-state index in [9.17, 15) is 9.18 Å². The van der Waals surface area contributed by atoms with Crippen LogP contribution in [0.1, 0.15) is 32.3 Å². The largest absolute Gasteiger partial charge is 0.312 e. The second-order valence-corrected chi connectivity index (χ2v) is 6.78. The highest BCUT2D eigenvalue weighted by molar-refractivity contribution is 7.15. The average molecular weight is 395 g/mol. The Morgan fingerprint density at radius 1 is 1.35 bits per heavy atom. The summed E-state index contributed by atoms with van der Waals surface area (Å²) in [4.78, 5) is 12.4. The molecule has 3 aromatic rings. The van der Waals surface area contributed by atoms with E-state index in [0.29, 0.717) is 28.8 Å². The molecule has 3 heterocycles. The number of anilines is 1. The molecule has 0 radical (unpaired) electrons. The quantitative estimate of drug-likeness (QED) is 0.631. The topological polar surface area (TPSA) is 95.6 Å². The first kappa shape index (κ1) is 18.4. The molecule has 136 valence electrons. The fourth-order valence-electron chi connectivity index (χ4n) is 2.77. The van der Waals surface area contributed by atoms with Gasteiger partial charge in [0.05, 0.1) is 0 Å². The zero-order valence-corrected chi connectivity index (χ0v) is 15.2. The summed E-state index contributed by atoms with van der Waals surface area (Å²) < 4.78 is 13.2. The molecule has 0 atom stereocenters. The molecule has 1 aliphatic heterocycles. The van der Waals surface area contributed by atoms with Gasteiger partial charge in [0.25, 0.3) is 5.91 Å². The van der Waals surface area contributed by atoms with Crippen LogP contribution in [0, 0.1) is 5.82 Å². The van der Waals surface area contributed by atoms with E-state index in [1.165, 1.54) is 23.5 Å². The van der Waals surface area contributed by atoms with E-state index >= 15 is 0 Å². The van der Waals surface area contributed by atoms with Gasteiger partial charge in [0.2, 0.25) is 5.13 Å². The van der Waals surface area contributed by atoms with Crippen molar-refractivity contribution in [3.63, 3.8) is 0 Å². The maximum absolute atomic E-state index is 13.2. The van der Waals surface area contributed by atoms with E-state index in [1.54, 1.807) is 6.07 Å². The van der Waals surface area contributed by atoms with Gasteiger partial charge in [0.15, 0.2) is 5.69 Å². The molecule has 0 saturated heterocycles. The number of rotatable bonds is 4. The smallest absolute Gasteiger partial charge is 0.278 e. The zero-order chi connectivity index (χ0) is 17.2. The lowest BCUT2D eigenvalue weighted by Crippen LogP contribution is -2.25. The highest BCUT2D eigenvalue weighted by Gasteiger charge is 2.22. The number of nitrogens with one attached hydrogen (secondary N) is 3. The fraction of sp³-hybridized carbons (Fsp3) is 0.250. The highest BCUT2D eigenvalue weighted by Crippen LogP contribution is 2.21. The summed E-state index contributed by atoms with van der Waals surface area (Å²) in [6, 6.07) is 6.34. The first-order valence-corrected chi connectivity index (χ1v) is 8.65. The van der Waals surface area contributed by atoms with Crippen LogP contribution in [0.25, 0.3) is 0 Å². The highest BCUT2D eigenvalue weighted by atomic mass is 35.5. The summed E-state index contributed by atoms with van der Waals surface area (Å²) in [5.41, 5.74) is 3.08. The van der Waals surface area contributed by atoms with Crippen LogP contribution in [0.3, 0.4) is 0 Å². The van der Waals surface area contributed by atoms with Crippen molar-refractivity contribution in [1.29, 1.82) is 0 Å².